The number of hydrogen-bond acceptors (Lipinski definition) is 2. The van der Waals surface area contributed by atoms with Gasteiger partial charge in [-0.05, 0) is 38.3 Å². The summed E-state index contributed by atoms with van der Waals surface area (Å²) < 4.78 is 0. The molecule has 0 amide bonds. The molecule has 0 spiro atoms. The molecule has 2 nitrogen and oxygen atoms in total. The third-order valence-corrected chi connectivity index (χ3v) is 4.56. The normalized spacial score (nSPS) is 30.9. The Bertz CT molecular complexity index is 193. The molecular formula is C14H30N2. The standard InChI is InChI=1S/C14H30N2/c1-4-6-11-16(5-2)14(12-15)10-8-7-9-13(14)3/h13H,4-12,15H2,1-3H3. The molecule has 2 heteroatoms. The van der Waals surface area contributed by atoms with E-state index in [-0.39, 0.29) is 0 Å². The van der Waals surface area contributed by atoms with Crippen LogP contribution in [0.2, 0.25) is 0 Å². The first-order chi connectivity index (χ1) is 7.71. The maximum absolute atomic E-state index is 6.14. The lowest BCUT2D eigenvalue weighted by molar-refractivity contribution is 0.0160. The van der Waals surface area contributed by atoms with Gasteiger partial charge in [0.2, 0.25) is 0 Å². The first-order valence-electron chi connectivity index (χ1n) is 7.16. The van der Waals surface area contributed by atoms with Crippen molar-refractivity contribution in [3.8, 4) is 0 Å². The van der Waals surface area contributed by atoms with Gasteiger partial charge in [0, 0.05) is 12.1 Å². The first-order valence-corrected chi connectivity index (χ1v) is 7.16. The van der Waals surface area contributed by atoms with Crippen molar-refractivity contribution >= 4 is 0 Å². The monoisotopic (exact) mass is 226 g/mol. The Morgan fingerprint density at radius 1 is 1.31 bits per heavy atom. The zero-order valence-corrected chi connectivity index (χ0v) is 11.5. The molecule has 96 valence electrons. The second kappa shape index (κ2) is 6.61. The Morgan fingerprint density at radius 2 is 2.06 bits per heavy atom. The van der Waals surface area contributed by atoms with Gasteiger partial charge >= 0.3 is 0 Å². The summed E-state index contributed by atoms with van der Waals surface area (Å²) in [6.45, 7) is 10.2. The van der Waals surface area contributed by atoms with Gasteiger partial charge in [0.05, 0.1) is 0 Å². The van der Waals surface area contributed by atoms with E-state index in [1.165, 1.54) is 45.1 Å². The Balaban J connectivity index is 2.73. The summed E-state index contributed by atoms with van der Waals surface area (Å²) in [5.41, 5.74) is 6.44. The molecule has 0 aliphatic heterocycles. The molecule has 1 saturated carbocycles. The molecule has 0 aromatic heterocycles. The number of likely N-dealkylation sites (N-methyl/N-ethyl adjacent to an activating group) is 1. The second-order valence-corrected chi connectivity index (χ2v) is 5.39. The van der Waals surface area contributed by atoms with Crippen molar-refractivity contribution in [2.24, 2.45) is 11.7 Å². The number of rotatable bonds is 6. The molecule has 0 aromatic carbocycles. The SMILES string of the molecule is CCCCN(CC)C1(CN)CCCCC1C. The van der Waals surface area contributed by atoms with Crippen LogP contribution < -0.4 is 5.73 Å². The quantitative estimate of drug-likeness (QED) is 0.754. The summed E-state index contributed by atoms with van der Waals surface area (Å²) >= 11 is 0. The number of nitrogens with two attached hydrogens (primary N) is 1. The van der Waals surface area contributed by atoms with Crippen molar-refractivity contribution in [2.75, 3.05) is 19.6 Å². The van der Waals surface area contributed by atoms with Crippen LogP contribution in [0.25, 0.3) is 0 Å². The van der Waals surface area contributed by atoms with E-state index in [1.54, 1.807) is 0 Å². The minimum absolute atomic E-state index is 0.308. The van der Waals surface area contributed by atoms with Gasteiger partial charge in [-0.3, -0.25) is 4.90 Å². The van der Waals surface area contributed by atoms with Crippen LogP contribution in [0.4, 0.5) is 0 Å². The second-order valence-electron chi connectivity index (χ2n) is 5.39. The van der Waals surface area contributed by atoms with E-state index in [0.29, 0.717) is 5.54 Å². The van der Waals surface area contributed by atoms with Gasteiger partial charge in [-0.2, -0.15) is 0 Å². The smallest absolute Gasteiger partial charge is 0.0357 e. The molecule has 0 heterocycles. The van der Waals surface area contributed by atoms with E-state index in [9.17, 15) is 0 Å². The highest BCUT2D eigenvalue weighted by molar-refractivity contribution is 4.98. The van der Waals surface area contributed by atoms with Crippen LogP contribution in [-0.4, -0.2) is 30.1 Å². The molecule has 2 atom stereocenters. The van der Waals surface area contributed by atoms with Gasteiger partial charge in [0.15, 0.2) is 0 Å². The van der Waals surface area contributed by atoms with Crippen molar-refractivity contribution in [2.45, 2.75) is 64.8 Å². The fourth-order valence-electron chi connectivity index (χ4n) is 3.34. The Kier molecular flexibility index (Phi) is 5.77. The molecule has 0 radical (unpaired) electrons. The van der Waals surface area contributed by atoms with E-state index in [0.717, 1.165) is 19.0 Å². The fourth-order valence-corrected chi connectivity index (χ4v) is 3.34. The van der Waals surface area contributed by atoms with Gasteiger partial charge in [0.25, 0.3) is 0 Å². The zero-order valence-electron chi connectivity index (χ0n) is 11.5. The van der Waals surface area contributed by atoms with E-state index < -0.39 is 0 Å². The van der Waals surface area contributed by atoms with E-state index in [2.05, 4.69) is 25.7 Å². The minimum Gasteiger partial charge on any atom is -0.329 e. The maximum Gasteiger partial charge on any atom is 0.0357 e. The van der Waals surface area contributed by atoms with Gasteiger partial charge in [-0.15, -0.1) is 0 Å². The summed E-state index contributed by atoms with van der Waals surface area (Å²) in [5, 5.41) is 0. The summed E-state index contributed by atoms with van der Waals surface area (Å²) in [5.74, 6) is 0.767. The molecule has 1 aliphatic carbocycles. The lowest BCUT2D eigenvalue weighted by Gasteiger charge is -2.50. The van der Waals surface area contributed by atoms with Crippen molar-refractivity contribution < 1.29 is 0 Å². The lowest BCUT2D eigenvalue weighted by atomic mass is 9.72. The number of nitrogens with zero attached hydrogens (tertiary/aromatic N) is 1. The summed E-state index contributed by atoms with van der Waals surface area (Å²) in [7, 11) is 0. The van der Waals surface area contributed by atoms with Crippen LogP contribution >= 0.6 is 0 Å². The predicted octanol–water partition coefficient (Wildman–Crippen LogP) is 3.02. The van der Waals surface area contributed by atoms with Crippen LogP contribution in [0.5, 0.6) is 0 Å². The van der Waals surface area contributed by atoms with Crippen molar-refractivity contribution in [3.05, 3.63) is 0 Å². The zero-order chi connectivity index (χ0) is 12.0. The number of unbranched alkanes of at least 4 members (excludes halogenated alkanes) is 1. The lowest BCUT2D eigenvalue weighted by Crippen LogP contribution is -2.59. The van der Waals surface area contributed by atoms with Gasteiger partial charge in [-0.1, -0.05) is 40.0 Å². The van der Waals surface area contributed by atoms with E-state index >= 15 is 0 Å². The van der Waals surface area contributed by atoms with Crippen LogP contribution in [0.1, 0.15) is 59.3 Å². The molecule has 1 fully saturated rings. The molecular weight excluding hydrogens is 196 g/mol. The predicted molar refractivity (Wildman–Crippen MR) is 71.6 cm³/mol. The van der Waals surface area contributed by atoms with Crippen LogP contribution in [0.15, 0.2) is 0 Å². The average molecular weight is 226 g/mol. The molecule has 1 aliphatic rings. The Labute approximate surface area is 102 Å². The van der Waals surface area contributed by atoms with Crippen LogP contribution in [0, 0.1) is 5.92 Å². The Hall–Kier alpha value is -0.0800. The molecule has 2 N–H and O–H groups in total. The average Bonchev–Trinajstić information content (AvgIpc) is 2.32. The molecule has 1 rings (SSSR count). The first kappa shape index (κ1) is 14.0. The maximum atomic E-state index is 6.14. The van der Waals surface area contributed by atoms with Gasteiger partial charge < -0.3 is 5.73 Å². The third kappa shape index (κ3) is 2.78. The molecule has 0 saturated heterocycles. The molecule has 0 aromatic rings. The molecule has 16 heavy (non-hydrogen) atoms. The van der Waals surface area contributed by atoms with Gasteiger partial charge in [0.1, 0.15) is 0 Å². The Morgan fingerprint density at radius 3 is 2.56 bits per heavy atom. The largest absolute Gasteiger partial charge is 0.329 e. The van der Waals surface area contributed by atoms with Crippen LogP contribution in [-0.2, 0) is 0 Å². The number of hydrogen-bond donors (Lipinski definition) is 1. The highest BCUT2D eigenvalue weighted by Crippen LogP contribution is 2.37. The summed E-state index contributed by atoms with van der Waals surface area (Å²) in [6, 6.07) is 0. The highest BCUT2D eigenvalue weighted by atomic mass is 15.2. The van der Waals surface area contributed by atoms with E-state index in [1.807, 2.05) is 0 Å². The minimum atomic E-state index is 0.308. The molecule has 2 unspecified atom stereocenters. The summed E-state index contributed by atoms with van der Waals surface area (Å²) in [4.78, 5) is 2.67. The fraction of sp³-hybridized carbons (Fsp3) is 1.00. The van der Waals surface area contributed by atoms with Crippen molar-refractivity contribution in [1.29, 1.82) is 0 Å². The molecule has 0 bridgehead atoms. The third-order valence-electron chi connectivity index (χ3n) is 4.56. The van der Waals surface area contributed by atoms with Gasteiger partial charge in [-0.25, -0.2) is 0 Å². The van der Waals surface area contributed by atoms with Crippen LogP contribution in [0.3, 0.4) is 0 Å². The van der Waals surface area contributed by atoms with Crippen molar-refractivity contribution in [3.63, 3.8) is 0 Å². The summed E-state index contributed by atoms with van der Waals surface area (Å²) in [6.07, 6.45) is 8.02. The highest BCUT2D eigenvalue weighted by Gasteiger charge is 2.40. The topological polar surface area (TPSA) is 29.3 Å². The van der Waals surface area contributed by atoms with Crippen molar-refractivity contribution in [1.82, 2.24) is 4.90 Å². The van der Waals surface area contributed by atoms with E-state index in [4.69, 9.17) is 5.73 Å².